The summed E-state index contributed by atoms with van der Waals surface area (Å²) in [5, 5.41) is 3.38. The lowest BCUT2D eigenvalue weighted by atomic mass is 9.62. The van der Waals surface area contributed by atoms with Gasteiger partial charge in [0, 0.05) is 35.7 Å². The number of hydrogen-bond acceptors (Lipinski definition) is 3. The molecule has 2 unspecified atom stereocenters. The van der Waals surface area contributed by atoms with E-state index in [-0.39, 0.29) is 22.4 Å². The van der Waals surface area contributed by atoms with Gasteiger partial charge in [0.15, 0.2) is 5.78 Å². The van der Waals surface area contributed by atoms with Gasteiger partial charge in [-0.2, -0.15) is 13.2 Å². The van der Waals surface area contributed by atoms with Gasteiger partial charge in [0.2, 0.25) is 0 Å². The summed E-state index contributed by atoms with van der Waals surface area (Å²) in [6, 6.07) is 4.91. The molecule has 1 aliphatic heterocycles. The summed E-state index contributed by atoms with van der Waals surface area (Å²) in [5.74, 6) is -1.14. The van der Waals surface area contributed by atoms with E-state index in [1.54, 1.807) is 0 Å². The van der Waals surface area contributed by atoms with E-state index in [9.17, 15) is 22.8 Å². The van der Waals surface area contributed by atoms with Crippen LogP contribution in [0.1, 0.15) is 64.0 Å². The molecule has 0 fully saturated rings. The Bertz CT molecular complexity index is 981. The largest absolute Gasteiger partial charge is 0.416 e. The van der Waals surface area contributed by atoms with Crippen LogP contribution in [0.4, 0.5) is 13.2 Å². The Labute approximate surface area is 174 Å². The molecule has 0 amide bonds. The van der Waals surface area contributed by atoms with Crippen molar-refractivity contribution in [3.8, 4) is 0 Å². The quantitative estimate of drug-likeness (QED) is 0.653. The second-order valence-electron chi connectivity index (χ2n) is 10.3. The number of hydrogen-bond donors (Lipinski definition) is 1. The molecule has 2 aliphatic carbocycles. The topological polar surface area (TPSA) is 46.2 Å². The third kappa shape index (κ3) is 3.61. The van der Waals surface area contributed by atoms with Crippen LogP contribution in [0.25, 0.3) is 0 Å². The number of benzene rings is 1. The first-order valence-corrected chi connectivity index (χ1v) is 10.2. The molecule has 30 heavy (non-hydrogen) atoms. The van der Waals surface area contributed by atoms with E-state index in [2.05, 4.69) is 5.32 Å². The van der Waals surface area contributed by atoms with E-state index in [1.165, 1.54) is 12.1 Å². The third-order valence-corrected chi connectivity index (χ3v) is 6.31. The van der Waals surface area contributed by atoms with Crippen molar-refractivity contribution >= 4 is 11.6 Å². The summed E-state index contributed by atoms with van der Waals surface area (Å²) in [6.45, 7) is 8.03. The van der Waals surface area contributed by atoms with Gasteiger partial charge < -0.3 is 5.32 Å². The molecule has 1 aromatic carbocycles. The van der Waals surface area contributed by atoms with Gasteiger partial charge in [0.25, 0.3) is 0 Å². The van der Waals surface area contributed by atoms with E-state index >= 15 is 0 Å². The number of carbonyl (C=O) groups excluding carboxylic acids is 2. The van der Waals surface area contributed by atoms with Crippen molar-refractivity contribution in [3.05, 3.63) is 58.4 Å². The van der Waals surface area contributed by atoms with Crippen LogP contribution in [0, 0.1) is 16.7 Å². The molecule has 6 heteroatoms. The van der Waals surface area contributed by atoms with Crippen LogP contribution in [-0.2, 0) is 15.8 Å². The molecule has 160 valence electrons. The second-order valence-corrected chi connectivity index (χ2v) is 10.3. The highest BCUT2D eigenvalue weighted by atomic mass is 19.4. The first-order valence-electron chi connectivity index (χ1n) is 10.2. The fraction of sp³-hybridized carbons (Fsp3) is 0.500. The SMILES string of the molecule is CC1(C)C=C2NC3=C(C(=O)CC(C)(C)C3)C(c3ccc(C(F)(F)F)cc3)C2C(=O)C1. The first kappa shape index (κ1) is 20.9. The number of ketones is 2. The number of fused-ring (bicyclic) bond motifs is 1. The van der Waals surface area contributed by atoms with Gasteiger partial charge in [-0.1, -0.05) is 45.9 Å². The molecule has 4 rings (SSSR count). The Kier molecular flexibility index (Phi) is 4.57. The predicted molar refractivity (Wildman–Crippen MR) is 107 cm³/mol. The summed E-state index contributed by atoms with van der Waals surface area (Å²) in [5.41, 5.74) is 1.44. The average Bonchev–Trinajstić information content (AvgIpc) is 2.57. The molecule has 1 N–H and O–H groups in total. The zero-order chi connectivity index (χ0) is 22.1. The molecular formula is C24H26F3NO2. The van der Waals surface area contributed by atoms with Crippen LogP contribution in [0.2, 0.25) is 0 Å². The maximum absolute atomic E-state index is 13.2. The minimum absolute atomic E-state index is 0.0130. The maximum atomic E-state index is 13.2. The van der Waals surface area contributed by atoms with E-state index < -0.39 is 23.6 Å². The van der Waals surface area contributed by atoms with Crippen LogP contribution in [0.5, 0.6) is 0 Å². The fourth-order valence-corrected chi connectivity index (χ4v) is 5.16. The molecule has 1 aromatic rings. The lowest BCUT2D eigenvalue weighted by Gasteiger charge is -2.45. The first-order chi connectivity index (χ1) is 13.8. The zero-order valence-corrected chi connectivity index (χ0v) is 17.6. The Morgan fingerprint density at radius 3 is 2.17 bits per heavy atom. The molecule has 0 bridgehead atoms. The predicted octanol–water partition coefficient (Wildman–Crippen LogP) is 5.53. The van der Waals surface area contributed by atoms with Gasteiger partial charge in [0.1, 0.15) is 5.78 Å². The van der Waals surface area contributed by atoms with E-state index in [1.807, 2.05) is 33.8 Å². The zero-order valence-electron chi connectivity index (χ0n) is 17.6. The van der Waals surface area contributed by atoms with Crippen molar-refractivity contribution in [2.75, 3.05) is 0 Å². The maximum Gasteiger partial charge on any atom is 0.416 e. The van der Waals surface area contributed by atoms with Gasteiger partial charge in [-0.15, -0.1) is 0 Å². The molecule has 0 saturated heterocycles. The molecule has 1 heterocycles. The Morgan fingerprint density at radius 1 is 0.933 bits per heavy atom. The van der Waals surface area contributed by atoms with Crippen LogP contribution in [0.3, 0.4) is 0 Å². The second kappa shape index (κ2) is 6.56. The smallest absolute Gasteiger partial charge is 0.362 e. The molecule has 0 spiro atoms. The third-order valence-electron chi connectivity index (χ3n) is 6.31. The van der Waals surface area contributed by atoms with Gasteiger partial charge >= 0.3 is 6.18 Å². The van der Waals surface area contributed by atoms with E-state index in [0.717, 1.165) is 23.5 Å². The van der Waals surface area contributed by atoms with Crippen molar-refractivity contribution in [2.45, 2.75) is 59.1 Å². The number of Topliss-reactive ketones (excluding diaryl/α,β-unsaturated/α-hetero) is 2. The number of allylic oxidation sites excluding steroid dienone is 4. The van der Waals surface area contributed by atoms with Gasteiger partial charge in [-0.3, -0.25) is 9.59 Å². The van der Waals surface area contributed by atoms with Crippen molar-refractivity contribution in [1.82, 2.24) is 5.32 Å². The molecule has 3 nitrogen and oxygen atoms in total. The number of alkyl halides is 3. The highest BCUT2D eigenvalue weighted by molar-refractivity contribution is 6.01. The Balaban J connectivity index is 1.88. The highest BCUT2D eigenvalue weighted by Gasteiger charge is 2.49. The van der Waals surface area contributed by atoms with Crippen molar-refractivity contribution in [3.63, 3.8) is 0 Å². The van der Waals surface area contributed by atoms with Crippen LogP contribution in [0.15, 0.2) is 47.3 Å². The van der Waals surface area contributed by atoms with Crippen molar-refractivity contribution in [1.29, 1.82) is 0 Å². The van der Waals surface area contributed by atoms with Crippen molar-refractivity contribution in [2.24, 2.45) is 16.7 Å². The molecule has 0 saturated carbocycles. The Morgan fingerprint density at radius 2 is 1.57 bits per heavy atom. The summed E-state index contributed by atoms with van der Waals surface area (Å²) < 4.78 is 39.2. The van der Waals surface area contributed by atoms with Gasteiger partial charge in [-0.05, 0) is 34.9 Å². The summed E-state index contributed by atoms with van der Waals surface area (Å²) >= 11 is 0. The summed E-state index contributed by atoms with van der Waals surface area (Å²) in [4.78, 5) is 26.3. The summed E-state index contributed by atoms with van der Waals surface area (Å²) in [6.07, 6.45) is -1.04. The minimum Gasteiger partial charge on any atom is -0.362 e. The Hall–Kier alpha value is -2.37. The lowest BCUT2D eigenvalue weighted by molar-refractivity contribution is -0.137. The van der Waals surface area contributed by atoms with Crippen molar-refractivity contribution < 1.29 is 22.8 Å². The lowest BCUT2D eigenvalue weighted by Crippen LogP contribution is -2.46. The van der Waals surface area contributed by atoms with E-state index in [4.69, 9.17) is 0 Å². The standard InChI is InChI=1S/C24H26F3NO2/c1-22(2)9-15-20(17(29)11-22)19(13-5-7-14(8-6-13)24(25,26)27)21-16(28-15)10-23(3,4)12-18(21)30/h5-9,19-20,28H,10-12H2,1-4H3. The molecule has 3 aliphatic rings. The molecule has 2 atom stereocenters. The normalized spacial score (nSPS) is 27.8. The highest BCUT2D eigenvalue weighted by Crippen LogP contribution is 2.51. The van der Waals surface area contributed by atoms with Gasteiger partial charge in [-0.25, -0.2) is 0 Å². The summed E-state index contributed by atoms with van der Waals surface area (Å²) in [7, 11) is 0. The average molecular weight is 417 g/mol. The van der Waals surface area contributed by atoms with Crippen LogP contribution in [-0.4, -0.2) is 11.6 Å². The van der Waals surface area contributed by atoms with Crippen LogP contribution < -0.4 is 5.32 Å². The number of nitrogens with one attached hydrogen (secondary N) is 1. The number of carbonyl (C=O) groups is 2. The van der Waals surface area contributed by atoms with Crippen LogP contribution >= 0.6 is 0 Å². The fourth-order valence-electron chi connectivity index (χ4n) is 5.16. The minimum atomic E-state index is -4.43. The monoisotopic (exact) mass is 417 g/mol. The molecule has 0 aromatic heterocycles. The number of halogens is 3. The van der Waals surface area contributed by atoms with E-state index in [0.29, 0.717) is 30.4 Å². The molecule has 0 radical (unpaired) electrons. The number of rotatable bonds is 1. The molecular weight excluding hydrogens is 391 g/mol. The van der Waals surface area contributed by atoms with Gasteiger partial charge in [0.05, 0.1) is 11.5 Å².